The molecule has 1 atom stereocenters. The molecule has 8 heteroatoms. The number of carbonyl (C=O) groups excluding carboxylic acids is 1. The smallest absolute Gasteiger partial charge is 0.406 e. The first kappa shape index (κ1) is 18.4. The Morgan fingerprint density at radius 1 is 1.42 bits per heavy atom. The molecule has 3 rings (SSSR count). The number of rotatable bonds is 5. The molecule has 1 amide bonds. The van der Waals surface area contributed by atoms with Crippen LogP contribution in [-0.4, -0.2) is 30.9 Å². The van der Waals surface area contributed by atoms with E-state index in [1.807, 2.05) is 4.90 Å². The van der Waals surface area contributed by atoms with E-state index in [9.17, 15) is 23.2 Å². The Balaban J connectivity index is 1.69. The van der Waals surface area contributed by atoms with Crippen molar-refractivity contribution in [1.29, 1.82) is 5.26 Å². The third kappa shape index (κ3) is 4.21. The lowest BCUT2D eigenvalue weighted by Crippen LogP contribution is -2.50. The number of hydrogen-bond donors (Lipinski definition) is 1. The van der Waals surface area contributed by atoms with E-state index in [4.69, 9.17) is 0 Å². The average molecular weight is 367 g/mol. The molecule has 1 heterocycles. The standard InChI is InChI=1S/C18H20F3N3O2/c1-17(11-22,13-4-5-13)23-16(25)10-24-8-2-3-12-9-14(6-7-15(12)24)26-18(19,20)21/h6-7,9,13H,2-5,8,10H2,1H3,(H,23,25). The van der Waals surface area contributed by atoms with Gasteiger partial charge in [-0.15, -0.1) is 13.2 Å². The molecule has 1 saturated carbocycles. The first-order valence-electron chi connectivity index (χ1n) is 8.56. The molecule has 140 valence electrons. The topological polar surface area (TPSA) is 65.4 Å². The number of hydrogen-bond acceptors (Lipinski definition) is 4. The number of halogens is 3. The lowest BCUT2D eigenvalue weighted by Gasteiger charge is -2.32. The highest BCUT2D eigenvalue weighted by Crippen LogP contribution is 2.39. The van der Waals surface area contributed by atoms with Crippen LogP contribution in [0.2, 0.25) is 0 Å². The van der Waals surface area contributed by atoms with Crippen molar-refractivity contribution in [2.24, 2.45) is 5.92 Å². The molecule has 0 radical (unpaired) electrons. The van der Waals surface area contributed by atoms with Crippen LogP contribution in [0, 0.1) is 17.2 Å². The van der Waals surface area contributed by atoms with E-state index in [-0.39, 0.29) is 24.1 Å². The van der Waals surface area contributed by atoms with E-state index in [0.717, 1.165) is 30.5 Å². The number of carbonyl (C=O) groups is 1. The van der Waals surface area contributed by atoms with E-state index < -0.39 is 11.9 Å². The second-order valence-corrected chi connectivity index (χ2v) is 7.00. The number of nitrogens with one attached hydrogen (secondary N) is 1. The minimum absolute atomic E-state index is 0.0659. The average Bonchev–Trinajstić information content (AvgIpc) is 3.38. The van der Waals surface area contributed by atoms with Gasteiger partial charge in [0.1, 0.15) is 11.3 Å². The Bertz CT molecular complexity index is 740. The van der Waals surface area contributed by atoms with Crippen LogP contribution in [0.4, 0.5) is 18.9 Å². The number of aryl methyl sites for hydroxylation is 1. The number of benzene rings is 1. The molecule has 1 aromatic rings. The van der Waals surface area contributed by atoms with E-state index in [1.165, 1.54) is 12.1 Å². The number of amides is 1. The molecular formula is C18H20F3N3O2. The van der Waals surface area contributed by atoms with Gasteiger partial charge in [-0.2, -0.15) is 5.26 Å². The summed E-state index contributed by atoms with van der Waals surface area (Å²) in [7, 11) is 0. The lowest BCUT2D eigenvalue weighted by molar-refractivity contribution is -0.274. The fraction of sp³-hybridized carbons (Fsp3) is 0.556. The van der Waals surface area contributed by atoms with Crippen molar-refractivity contribution in [1.82, 2.24) is 5.32 Å². The molecule has 0 aromatic heterocycles. The molecular weight excluding hydrogens is 347 g/mol. The van der Waals surface area contributed by atoms with Crippen LogP contribution in [0.5, 0.6) is 5.75 Å². The predicted molar refractivity (Wildman–Crippen MR) is 88.5 cm³/mol. The maximum Gasteiger partial charge on any atom is 0.573 e. The van der Waals surface area contributed by atoms with Gasteiger partial charge in [0.05, 0.1) is 12.6 Å². The van der Waals surface area contributed by atoms with Crippen molar-refractivity contribution in [3.05, 3.63) is 23.8 Å². The predicted octanol–water partition coefficient (Wildman–Crippen LogP) is 3.15. The molecule has 1 aliphatic heterocycles. The van der Waals surface area contributed by atoms with Crippen molar-refractivity contribution in [2.45, 2.75) is 44.5 Å². The number of ether oxygens (including phenoxy) is 1. The van der Waals surface area contributed by atoms with Crippen LogP contribution in [0.15, 0.2) is 18.2 Å². The summed E-state index contributed by atoms with van der Waals surface area (Å²) < 4.78 is 41.1. The molecule has 0 saturated heterocycles. The van der Waals surface area contributed by atoms with Crippen molar-refractivity contribution in [2.75, 3.05) is 18.0 Å². The van der Waals surface area contributed by atoms with Crippen molar-refractivity contribution in [3.63, 3.8) is 0 Å². The number of anilines is 1. The van der Waals surface area contributed by atoms with Crippen molar-refractivity contribution >= 4 is 11.6 Å². The number of nitriles is 1. The second kappa shape index (κ2) is 6.71. The Hall–Kier alpha value is -2.43. The molecule has 1 fully saturated rings. The summed E-state index contributed by atoms with van der Waals surface area (Å²) >= 11 is 0. The van der Waals surface area contributed by atoms with Gasteiger partial charge in [0.25, 0.3) is 0 Å². The maximum absolute atomic E-state index is 12.4. The molecule has 26 heavy (non-hydrogen) atoms. The Morgan fingerprint density at radius 3 is 2.77 bits per heavy atom. The summed E-state index contributed by atoms with van der Waals surface area (Å²) in [4.78, 5) is 14.2. The molecule has 1 N–H and O–H groups in total. The zero-order valence-corrected chi connectivity index (χ0v) is 14.4. The first-order valence-corrected chi connectivity index (χ1v) is 8.56. The van der Waals surface area contributed by atoms with Crippen LogP contribution in [0.25, 0.3) is 0 Å². The lowest BCUT2D eigenvalue weighted by atomic mass is 9.97. The van der Waals surface area contributed by atoms with Crippen LogP contribution >= 0.6 is 0 Å². The highest BCUT2D eigenvalue weighted by molar-refractivity contribution is 5.83. The SMILES string of the molecule is CC(C#N)(NC(=O)CN1CCCc2cc(OC(F)(F)F)ccc21)C1CC1. The molecule has 1 unspecified atom stereocenters. The number of nitrogens with zero attached hydrogens (tertiary/aromatic N) is 2. The molecule has 2 aliphatic rings. The van der Waals surface area contributed by atoms with Gasteiger partial charge in [0.2, 0.25) is 5.91 Å². The number of fused-ring (bicyclic) bond motifs is 1. The summed E-state index contributed by atoms with van der Waals surface area (Å²) in [5.74, 6) is -0.329. The highest BCUT2D eigenvalue weighted by atomic mass is 19.4. The van der Waals surface area contributed by atoms with Crippen molar-refractivity contribution in [3.8, 4) is 11.8 Å². The highest BCUT2D eigenvalue weighted by Gasteiger charge is 2.43. The normalized spacial score (nSPS) is 19.1. The van der Waals surface area contributed by atoms with Gasteiger partial charge >= 0.3 is 6.36 Å². The van der Waals surface area contributed by atoms with Gasteiger partial charge in [-0.3, -0.25) is 4.79 Å². The summed E-state index contributed by atoms with van der Waals surface area (Å²) in [5, 5.41) is 12.2. The third-order valence-electron chi connectivity index (χ3n) is 4.86. The van der Waals surface area contributed by atoms with E-state index in [0.29, 0.717) is 13.0 Å². The van der Waals surface area contributed by atoms with Crippen LogP contribution in [-0.2, 0) is 11.2 Å². The van der Waals surface area contributed by atoms with E-state index in [1.54, 1.807) is 13.0 Å². The molecule has 0 bridgehead atoms. The van der Waals surface area contributed by atoms with Crippen molar-refractivity contribution < 1.29 is 22.7 Å². The van der Waals surface area contributed by atoms with E-state index >= 15 is 0 Å². The van der Waals surface area contributed by atoms with Crippen LogP contribution in [0.3, 0.4) is 0 Å². The Morgan fingerprint density at radius 2 is 2.15 bits per heavy atom. The quantitative estimate of drug-likeness (QED) is 0.868. The summed E-state index contributed by atoms with van der Waals surface area (Å²) in [6.45, 7) is 2.43. The van der Waals surface area contributed by atoms with Gasteiger partial charge in [-0.1, -0.05) is 0 Å². The minimum atomic E-state index is -4.73. The monoisotopic (exact) mass is 367 g/mol. The summed E-state index contributed by atoms with van der Waals surface area (Å²) in [5.41, 5.74) is 0.585. The van der Waals surface area contributed by atoms with Gasteiger partial charge in [0.15, 0.2) is 0 Å². The molecule has 0 spiro atoms. The minimum Gasteiger partial charge on any atom is -0.406 e. The second-order valence-electron chi connectivity index (χ2n) is 7.00. The molecule has 1 aliphatic carbocycles. The van der Waals surface area contributed by atoms with Gasteiger partial charge in [-0.25, -0.2) is 0 Å². The Kier molecular flexibility index (Phi) is 4.74. The van der Waals surface area contributed by atoms with Crippen LogP contribution in [0.1, 0.15) is 31.7 Å². The van der Waals surface area contributed by atoms with Crippen LogP contribution < -0.4 is 15.0 Å². The fourth-order valence-electron chi connectivity index (χ4n) is 3.40. The number of alkyl halides is 3. The first-order chi connectivity index (χ1) is 12.2. The van der Waals surface area contributed by atoms with Gasteiger partial charge in [-0.05, 0) is 62.3 Å². The molecule has 1 aromatic carbocycles. The largest absolute Gasteiger partial charge is 0.573 e. The van der Waals surface area contributed by atoms with Gasteiger partial charge in [0, 0.05) is 12.2 Å². The Labute approximate surface area is 149 Å². The maximum atomic E-state index is 12.4. The molecule has 5 nitrogen and oxygen atoms in total. The zero-order chi connectivity index (χ0) is 18.9. The summed E-state index contributed by atoms with van der Waals surface area (Å²) in [6, 6.07) is 6.36. The van der Waals surface area contributed by atoms with Gasteiger partial charge < -0.3 is 15.0 Å². The van der Waals surface area contributed by atoms with E-state index in [2.05, 4.69) is 16.1 Å². The fourth-order valence-corrected chi connectivity index (χ4v) is 3.40. The summed E-state index contributed by atoms with van der Waals surface area (Å²) in [6.07, 6.45) is -1.51. The zero-order valence-electron chi connectivity index (χ0n) is 14.4. The third-order valence-corrected chi connectivity index (χ3v) is 4.86.